The van der Waals surface area contributed by atoms with Gasteiger partial charge in [0.15, 0.2) is 0 Å². The average molecular weight is 391 g/mol. The summed E-state index contributed by atoms with van der Waals surface area (Å²) in [5.74, 6) is -0.865. The van der Waals surface area contributed by atoms with Crippen LogP contribution in [0.3, 0.4) is 0 Å². The van der Waals surface area contributed by atoms with Crippen LogP contribution in [0.15, 0.2) is 59.8 Å². The van der Waals surface area contributed by atoms with Crippen molar-refractivity contribution in [3.63, 3.8) is 0 Å². The zero-order valence-corrected chi connectivity index (χ0v) is 15.5. The highest BCUT2D eigenvalue weighted by molar-refractivity contribution is 6.42. The highest BCUT2D eigenvalue weighted by Gasteiger charge is 2.35. The second kappa shape index (κ2) is 7.81. The summed E-state index contributed by atoms with van der Waals surface area (Å²) >= 11 is 12.0. The summed E-state index contributed by atoms with van der Waals surface area (Å²) in [5.41, 5.74) is 2.05. The molecule has 0 saturated heterocycles. The third kappa shape index (κ3) is 3.69. The Bertz CT molecular complexity index is 882. The first-order chi connectivity index (χ1) is 12.5. The van der Waals surface area contributed by atoms with Crippen LogP contribution in [0, 0.1) is 0 Å². The fraction of sp³-hybridized carbons (Fsp3) is 0.158. The van der Waals surface area contributed by atoms with Gasteiger partial charge in [-0.25, -0.2) is 4.79 Å². The number of nitrogens with zero attached hydrogens (tertiary/aromatic N) is 1. The van der Waals surface area contributed by atoms with E-state index in [-0.39, 0.29) is 23.7 Å². The van der Waals surface area contributed by atoms with Crippen molar-refractivity contribution in [3.05, 3.63) is 75.4 Å². The lowest BCUT2D eigenvalue weighted by atomic mass is 10.2. The van der Waals surface area contributed by atoms with E-state index in [0.717, 1.165) is 5.56 Å². The number of ether oxygens (including phenoxy) is 1. The summed E-state index contributed by atoms with van der Waals surface area (Å²) < 4.78 is 4.83. The standard InChI is InChI=1S/C19H16Cl2N2O3/c1-26-19(25)14-11-23(13-7-8-15(20)16(21)9-13)18(24)17(14)22-10-12-5-3-2-4-6-12/h2-9,22H,10-11H2,1H3. The molecule has 0 bridgehead atoms. The summed E-state index contributed by atoms with van der Waals surface area (Å²) in [6, 6.07) is 14.5. The predicted molar refractivity (Wildman–Crippen MR) is 101 cm³/mol. The molecule has 0 aliphatic carbocycles. The van der Waals surface area contributed by atoms with Crippen LogP contribution in [0.2, 0.25) is 10.0 Å². The minimum atomic E-state index is -0.545. The second-order valence-corrected chi connectivity index (χ2v) is 6.49. The average Bonchev–Trinajstić information content (AvgIpc) is 2.99. The lowest BCUT2D eigenvalue weighted by Crippen LogP contribution is -2.30. The van der Waals surface area contributed by atoms with Crippen molar-refractivity contribution in [2.45, 2.75) is 6.54 Å². The van der Waals surface area contributed by atoms with E-state index in [2.05, 4.69) is 5.32 Å². The quantitative estimate of drug-likeness (QED) is 0.792. The molecule has 5 nitrogen and oxygen atoms in total. The number of hydrogen-bond acceptors (Lipinski definition) is 4. The summed E-state index contributed by atoms with van der Waals surface area (Å²) in [7, 11) is 1.29. The van der Waals surface area contributed by atoms with Crippen molar-refractivity contribution >= 4 is 40.8 Å². The minimum absolute atomic E-state index is 0.0978. The first-order valence-electron chi connectivity index (χ1n) is 7.87. The first kappa shape index (κ1) is 18.3. The number of hydrogen-bond donors (Lipinski definition) is 1. The number of anilines is 1. The van der Waals surface area contributed by atoms with E-state index in [1.807, 2.05) is 30.3 Å². The number of carbonyl (C=O) groups is 2. The van der Waals surface area contributed by atoms with E-state index in [1.165, 1.54) is 12.0 Å². The maximum atomic E-state index is 12.9. The Morgan fingerprint density at radius 3 is 2.54 bits per heavy atom. The molecule has 1 aliphatic rings. The normalized spacial score (nSPS) is 14.0. The van der Waals surface area contributed by atoms with Crippen molar-refractivity contribution in [2.75, 3.05) is 18.6 Å². The number of methoxy groups -OCH3 is 1. The Labute approximate surface area is 161 Å². The molecule has 26 heavy (non-hydrogen) atoms. The van der Waals surface area contributed by atoms with E-state index < -0.39 is 5.97 Å². The molecule has 0 aromatic heterocycles. The number of carbonyl (C=O) groups excluding carboxylic acids is 2. The fourth-order valence-electron chi connectivity index (χ4n) is 2.69. The van der Waals surface area contributed by atoms with Crippen LogP contribution in [0.4, 0.5) is 5.69 Å². The zero-order chi connectivity index (χ0) is 18.7. The third-order valence-corrected chi connectivity index (χ3v) is 4.77. The molecule has 0 unspecified atom stereocenters. The number of esters is 1. The summed E-state index contributed by atoms with van der Waals surface area (Å²) in [4.78, 5) is 26.5. The Hall–Kier alpha value is -2.50. The fourth-order valence-corrected chi connectivity index (χ4v) is 2.99. The molecule has 0 spiro atoms. The maximum Gasteiger partial charge on any atom is 0.337 e. The number of benzene rings is 2. The second-order valence-electron chi connectivity index (χ2n) is 5.67. The smallest absolute Gasteiger partial charge is 0.337 e. The number of halogens is 2. The molecule has 1 heterocycles. The van der Waals surface area contributed by atoms with Gasteiger partial charge < -0.3 is 15.0 Å². The van der Waals surface area contributed by atoms with E-state index in [1.54, 1.807) is 18.2 Å². The van der Waals surface area contributed by atoms with Gasteiger partial charge in [0, 0.05) is 12.2 Å². The van der Waals surface area contributed by atoms with Gasteiger partial charge in [-0.1, -0.05) is 53.5 Å². The van der Waals surface area contributed by atoms with Crippen LogP contribution in [0.1, 0.15) is 5.56 Å². The molecule has 1 amide bonds. The van der Waals surface area contributed by atoms with Crippen LogP contribution in [0.25, 0.3) is 0 Å². The van der Waals surface area contributed by atoms with Gasteiger partial charge in [-0.05, 0) is 23.8 Å². The van der Waals surface area contributed by atoms with Gasteiger partial charge in [-0.3, -0.25) is 4.79 Å². The van der Waals surface area contributed by atoms with Gasteiger partial charge in [0.2, 0.25) is 0 Å². The van der Waals surface area contributed by atoms with E-state index >= 15 is 0 Å². The van der Waals surface area contributed by atoms with Gasteiger partial charge in [-0.15, -0.1) is 0 Å². The Morgan fingerprint density at radius 1 is 1.15 bits per heavy atom. The highest BCUT2D eigenvalue weighted by atomic mass is 35.5. The zero-order valence-electron chi connectivity index (χ0n) is 14.0. The monoisotopic (exact) mass is 390 g/mol. The predicted octanol–water partition coefficient (Wildman–Crippen LogP) is 3.56. The third-order valence-electron chi connectivity index (χ3n) is 4.04. The Kier molecular flexibility index (Phi) is 5.49. The van der Waals surface area contributed by atoms with Crippen LogP contribution in [-0.2, 0) is 20.9 Å². The van der Waals surface area contributed by atoms with E-state index in [4.69, 9.17) is 27.9 Å². The number of nitrogens with one attached hydrogen (secondary N) is 1. The topological polar surface area (TPSA) is 58.6 Å². The summed E-state index contributed by atoms with van der Waals surface area (Å²) in [6.45, 7) is 0.512. The molecule has 7 heteroatoms. The van der Waals surface area contributed by atoms with Gasteiger partial charge >= 0.3 is 5.97 Å². The Balaban J connectivity index is 1.87. The van der Waals surface area contributed by atoms with Gasteiger partial charge in [0.05, 0.1) is 29.3 Å². The Morgan fingerprint density at radius 2 is 1.88 bits per heavy atom. The van der Waals surface area contributed by atoms with Crippen LogP contribution < -0.4 is 10.2 Å². The minimum Gasteiger partial charge on any atom is -0.466 e. The maximum absolute atomic E-state index is 12.9. The molecule has 3 rings (SSSR count). The highest BCUT2D eigenvalue weighted by Crippen LogP contribution is 2.31. The van der Waals surface area contributed by atoms with Crippen molar-refractivity contribution < 1.29 is 14.3 Å². The number of amides is 1. The van der Waals surface area contributed by atoms with Crippen LogP contribution in [-0.4, -0.2) is 25.5 Å². The summed E-state index contributed by atoms with van der Waals surface area (Å²) in [5, 5.41) is 3.80. The van der Waals surface area contributed by atoms with Crippen molar-refractivity contribution in [3.8, 4) is 0 Å². The molecule has 0 atom stereocenters. The largest absolute Gasteiger partial charge is 0.466 e. The van der Waals surface area contributed by atoms with Gasteiger partial charge in [-0.2, -0.15) is 0 Å². The number of rotatable bonds is 5. The first-order valence-corrected chi connectivity index (χ1v) is 8.63. The van der Waals surface area contributed by atoms with Gasteiger partial charge in [0.1, 0.15) is 5.70 Å². The molecular formula is C19H16Cl2N2O3. The van der Waals surface area contributed by atoms with Crippen LogP contribution in [0.5, 0.6) is 0 Å². The molecule has 134 valence electrons. The van der Waals surface area contributed by atoms with E-state index in [0.29, 0.717) is 22.3 Å². The van der Waals surface area contributed by atoms with Crippen molar-refractivity contribution in [1.82, 2.24) is 5.32 Å². The lowest BCUT2D eigenvalue weighted by Gasteiger charge is -2.17. The van der Waals surface area contributed by atoms with Crippen LogP contribution >= 0.6 is 23.2 Å². The molecule has 0 saturated carbocycles. The van der Waals surface area contributed by atoms with E-state index in [9.17, 15) is 9.59 Å². The molecule has 0 radical (unpaired) electrons. The molecule has 2 aromatic rings. The molecule has 0 fully saturated rings. The lowest BCUT2D eigenvalue weighted by molar-refractivity contribution is -0.136. The molecule has 2 aromatic carbocycles. The van der Waals surface area contributed by atoms with Crippen molar-refractivity contribution in [1.29, 1.82) is 0 Å². The molecule has 1 N–H and O–H groups in total. The molecular weight excluding hydrogens is 375 g/mol. The summed E-state index contributed by atoms with van der Waals surface area (Å²) in [6.07, 6.45) is 0. The SMILES string of the molecule is COC(=O)C1=C(NCc2ccccc2)C(=O)N(c2ccc(Cl)c(Cl)c2)C1. The van der Waals surface area contributed by atoms with Gasteiger partial charge in [0.25, 0.3) is 5.91 Å². The molecule has 1 aliphatic heterocycles. The van der Waals surface area contributed by atoms with Crippen molar-refractivity contribution in [2.24, 2.45) is 0 Å².